The van der Waals surface area contributed by atoms with Crippen LogP contribution in [0.4, 0.5) is 0 Å². The zero-order valence-electron chi connectivity index (χ0n) is 37.4. The first-order valence-corrected chi connectivity index (χ1v) is 24.9. The maximum absolute atomic E-state index is 12.8. The summed E-state index contributed by atoms with van der Waals surface area (Å²) < 4.78 is 33.5. The molecule has 0 heterocycles. The standard InChI is InChI=1S/C47H83O13P/c1-3-5-7-9-11-13-15-17-19-20-22-24-26-28-30-32-34-36-41(49)59-39(38-58-61(55,56)60-47-45(53)43(51)42(50)44(52)46(47)54)37-57-40(48)35-33-31-29-27-25-23-21-18-16-14-12-10-8-6-4-2/h6,8,12,14,17-19,21,39,42-47,50-54H,3-5,7,9-11,13,15-16,20,22-38H2,1-2H3,(H,55,56)/b8-6-,14-12-,19-17-,21-18-/t39-,42?,43-,44?,45?,46?,47?/m1/s1. The highest BCUT2D eigenvalue weighted by Crippen LogP contribution is 2.47. The first-order valence-electron chi connectivity index (χ1n) is 23.4. The Morgan fingerprint density at radius 2 is 0.934 bits per heavy atom. The molecule has 1 aliphatic rings. The van der Waals surface area contributed by atoms with E-state index in [1.54, 1.807) is 0 Å². The SMILES string of the molecule is CC/C=C\C/C=C\C/C=C\CCCCCCCC(=O)OC[C@H](COP(=O)(O)OC1C(O)C(O)C(O)[C@@H](O)C1O)OC(=O)CCCCCCCCC/C=C\CCCCCCCC. The summed E-state index contributed by atoms with van der Waals surface area (Å²) >= 11 is 0. The maximum atomic E-state index is 12.8. The van der Waals surface area contributed by atoms with Crippen molar-refractivity contribution >= 4 is 19.8 Å². The number of phosphoric ester groups is 1. The first-order chi connectivity index (χ1) is 29.4. The maximum Gasteiger partial charge on any atom is 0.472 e. The highest BCUT2D eigenvalue weighted by atomic mass is 31.2. The van der Waals surface area contributed by atoms with Crippen LogP contribution in [0, 0.1) is 0 Å². The Labute approximate surface area is 367 Å². The van der Waals surface area contributed by atoms with Crippen molar-refractivity contribution in [2.75, 3.05) is 13.2 Å². The largest absolute Gasteiger partial charge is 0.472 e. The summed E-state index contributed by atoms with van der Waals surface area (Å²) in [6.07, 6.45) is 30.2. The molecular weight excluding hydrogens is 803 g/mol. The number of carbonyl (C=O) groups excluding carboxylic acids is 2. The summed E-state index contributed by atoms with van der Waals surface area (Å²) in [6.45, 7) is 3.16. The minimum absolute atomic E-state index is 0.0868. The van der Waals surface area contributed by atoms with Crippen LogP contribution in [0.5, 0.6) is 0 Å². The number of carbonyl (C=O) groups is 2. The Hall–Kier alpha value is -2.19. The second-order valence-corrected chi connectivity index (χ2v) is 17.6. The number of hydrogen-bond donors (Lipinski definition) is 6. The number of hydrogen-bond acceptors (Lipinski definition) is 12. The lowest BCUT2D eigenvalue weighted by molar-refractivity contribution is -0.220. The molecule has 14 heteroatoms. The van der Waals surface area contributed by atoms with Crippen molar-refractivity contribution in [2.45, 2.75) is 224 Å². The fraction of sp³-hybridized carbons (Fsp3) is 0.787. The summed E-state index contributed by atoms with van der Waals surface area (Å²) in [6, 6.07) is 0. The van der Waals surface area contributed by atoms with Gasteiger partial charge in [0, 0.05) is 12.8 Å². The first kappa shape index (κ1) is 56.8. The van der Waals surface area contributed by atoms with E-state index in [2.05, 4.69) is 62.5 Å². The number of rotatable bonds is 38. The molecule has 0 aromatic rings. The fourth-order valence-electron chi connectivity index (χ4n) is 6.88. The molecule has 0 aromatic heterocycles. The normalized spacial score (nSPS) is 22.4. The molecule has 0 aliphatic heterocycles. The van der Waals surface area contributed by atoms with Crippen molar-refractivity contribution in [2.24, 2.45) is 0 Å². The quantitative estimate of drug-likeness (QED) is 0.0148. The van der Waals surface area contributed by atoms with E-state index in [1.807, 2.05) is 0 Å². The van der Waals surface area contributed by atoms with E-state index in [4.69, 9.17) is 18.5 Å². The van der Waals surface area contributed by atoms with Gasteiger partial charge in [-0.1, -0.05) is 146 Å². The molecule has 0 amide bonds. The predicted octanol–water partition coefficient (Wildman–Crippen LogP) is 9.17. The van der Waals surface area contributed by atoms with Gasteiger partial charge in [-0.05, 0) is 70.6 Å². The number of allylic oxidation sites excluding steroid dienone is 8. The molecule has 0 radical (unpaired) electrons. The van der Waals surface area contributed by atoms with E-state index in [0.717, 1.165) is 89.9 Å². The van der Waals surface area contributed by atoms with Crippen molar-refractivity contribution in [3.63, 3.8) is 0 Å². The van der Waals surface area contributed by atoms with Crippen molar-refractivity contribution in [3.8, 4) is 0 Å². The van der Waals surface area contributed by atoms with Crippen LogP contribution >= 0.6 is 7.82 Å². The lowest BCUT2D eigenvalue weighted by Crippen LogP contribution is -2.64. The summed E-state index contributed by atoms with van der Waals surface area (Å²) in [4.78, 5) is 35.7. The predicted molar refractivity (Wildman–Crippen MR) is 239 cm³/mol. The van der Waals surface area contributed by atoms with Gasteiger partial charge >= 0.3 is 19.8 Å². The van der Waals surface area contributed by atoms with Crippen molar-refractivity contribution in [1.29, 1.82) is 0 Å². The number of aliphatic hydroxyl groups is 5. The van der Waals surface area contributed by atoms with Crippen LogP contribution in [-0.4, -0.2) is 98.3 Å². The van der Waals surface area contributed by atoms with Gasteiger partial charge in [-0.15, -0.1) is 0 Å². The van der Waals surface area contributed by atoms with Crippen LogP contribution in [-0.2, 0) is 32.7 Å². The second kappa shape index (κ2) is 37.2. The van der Waals surface area contributed by atoms with Gasteiger partial charge in [0.15, 0.2) is 6.10 Å². The number of ether oxygens (including phenoxy) is 2. The van der Waals surface area contributed by atoms with Gasteiger partial charge in [0.25, 0.3) is 0 Å². The van der Waals surface area contributed by atoms with Gasteiger partial charge in [0.2, 0.25) is 0 Å². The van der Waals surface area contributed by atoms with Crippen molar-refractivity contribution in [1.82, 2.24) is 0 Å². The molecule has 6 unspecified atom stereocenters. The van der Waals surface area contributed by atoms with Gasteiger partial charge in [0.05, 0.1) is 6.61 Å². The average molecular weight is 887 g/mol. The zero-order chi connectivity index (χ0) is 45.0. The number of esters is 2. The van der Waals surface area contributed by atoms with Crippen LogP contribution in [0.15, 0.2) is 48.6 Å². The Morgan fingerprint density at radius 3 is 1.44 bits per heavy atom. The molecule has 1 saturated carbocycles. The van der Waals surface area contributed by atoms with Crippen LogP contribution in [0.25, 0.3) is 0 Å². The molecule has 354 valence electrons. The third-order valence-corrected chi connectivity index (χ3v) is 11.6. The molecule has 0 bridgehead atoms. The van der Waals surface area contributed by atoms with Crippen LogP contribution < -0.4 is 0 Å². The molecule has 8 atom stereocenters. The summed E-state index contributed by atoms with van der Waals surface area (Å²) in [5, 5.41) is 50.2. The Kier molecular flexibility index (Phi) is 34.7. The Balaban J connectivity index is 2.46. The molecule has 1 fully saturated rings. The van der Waals surface area contributed by atoms with E-state index >= 15 is 0 Å². The highest BCUT2D eigenvalue weighted by molar-refractivity contribution is 7.47. The smallest absolute Gasteiger partial charge is 0.462 e. The molecule has 0 spiro atoms. The monoisotopic (exact) mass is 887 g/mol. The minimum atomic E-state index is -5.12. The van der Waals surface area contributed by atoms with Gasteiger partial charge in [0.1, 0.15) is 43.2 Å². The van der Waals surface area contributed by atoms with E-state index < -0.39 is 75.7 Å². The molecule has 0 saturated heterocycles. The molecule has 61 heavy (non-hydrogen) atoms. The van der Waals surface area contributed by atoms with E-state index in [-0.39, 0.29) is 12.8 Å². The van der Waals surface area contributed by atoms with E-state index in [1.165, 1.54) is 51.4 Å². The fourth-order valence-corrected chi connectivity index (χ4v) is 7.86. The van der Waals surface area contributed by atoms with Crippen LogP contribution in [0.3, 0.4) is 0 Å². The zero-order valence-corrected chi connectivity index (χ0v) is 38.3. The minimum Gasteiger partial charge on any atom is -0.462 e. The van der Waals surface area contributed by atoms with Gasteiger partial charge < -0.3 is 39.9 Å². The summed E-state index contributed by atoms with van der Waals surface area (Å²) in [5.74, 6) is -1.12. The van der Waals surface area contributed by atoms with Crippen molar-refractivity contribution < 1.29 is 63.1 Å². The molecule has 13 nitrogen and oxygen atoms in total. The third kappa shape index (κ3) is 29.7. The van der Waals surface area contributed by atoms with Crippen LogP contribution in [0.1, 0.15) is 181 Å². The third-order valence-electron chi connectivity index (χ3n) is 10.7. The molecule has 6 N–H and O–H groups in total. The van der Waals surface area contributed by atoms with E-state index in [9.17, 15) is 44.6 Å². The van der Waals surface area contributed by atoms with E-state index in [0.29, 0.717) is 12.8 Å². The highest BCUT2D eigenvalue weighted by Gasteiger charge is 2.51. The lowest BCUT2D eigenvalue weighted by Gasteiger charge is -2.41. The average Bonchev–Trinajstić information content (AvgIpc) is 3.24. The molecule has 1 aliphatic carbocycles. The number of phosphoric acid groups is 1. The van der Waals surface area contributed by atoms with Crippen LogP contribution in [0.2, 0.25) is 0 Å². The summed E-state index contributed by atoms with van der Waals surface area (Å²) in [7, 11) is -5.12. The van der Waals surface area contributed by atoms with Gasteiger partial charge in [-0.25, -0.2) is 4.57 Å². The molecular formula is C47H83O13P. The lowest BCUT2D eigenvalue weighted by atomic mass is 9.85. The van der Waals surface area contributed by atoms with Gasteiger partial charge in [-0.2, -0.15) is 0 Å². The molecule has 1 rings (SSSR count). The van der Waals surface area contributed by atoms with Gasteiger partial charge in [-0.3, -0.25) is 18.6 Å². The summed E-state index contributed by atoms with van der Waals surface area (Å²) in [5.41, 5.74) is 0. The number of aliphatic hydroxyl groups excluding tert-OH is 5. The topological polar surface area (TPSA) is 210 Å². The van der Waals surface area contributed by atoms with Crippen molar-refractivity contribution in [3.05, 3.63) is 48.6 Å². The Morgan fingerprint density at radius 1 is 0.525 bits per heavy atom. The number of unbranched alkanes of at least 4 members (excludes halogenated alkanes) is 18. The second-order valence-electron chi connectivity index (χ2n) is 16.2. The Bertz CT molecular complexity index is 1250. The molecule has 0 aromatic carbocycles.